The van der Waals surface area contributed by atoms with E-state index in [1.807, 2.05) is 19.9 Å². The summed E-state index contributed by atoms with van der Waals surface area (Å²) in [5.74, 6) is 0.287. The van der Waals surface area contributed by atoms with Gasteiger partial charge in [0.15, 0.2) is 14.1 Å². The number of aliphatic hydroxyl groups is 1. The van der Waals surface area contributed by atoms with Crippen molar-refractivity contribution >= 4 is 8.32 Å². The summed E-state index contributed by atoms with van der Waals surface area (Å²) < 4.78 is 18.3. The third-order valence-corrected chi connectivity index (χ3v) is 10.4. The Bertz CT molecular complexity index is 465. The van der Waals surface area contributed by atoms with Gasteiger partial charge in [-0.25, -0.2) is 0 Å². The van der Waals surface area contributed by atoms with Crippen LogP contribution in [0.15, 0.2) is 12.2 Å². The number of allylic oxidation sites excluding steroid dienone is 1. The summed E-state index contributed by atoms with van der Waals surface area (Å²) in [4.78, 5) is 0. The van der Waals surface area contributed by atoms with Crippen LogP contribution < -0.4 is 0 Å². The molecule has 154 valence electrons. The van der Waals surface area contributed by atoms with Gasteiger partial charge in [0.1, 0.15) is 12.2 Å². The summed E-state index contributed by atoms with van der Waals surface area (Å²) in [7, 11) is -1.78. The Hall–Kier alpha value is -0.203. The molecule has 0 amide bonds. The van der Waals surface area contributed by atoms with Gasteiger partial charge >= 0.3 is 0 Å². The third-order valence-electron chi connectivity index (χ3n) is 5.89. The van der Waals surface area contributed by atoms with Crippen LogP contribution in [0.3, 0.4) is 0 Å². The topological polar surface area (TPSA) is 47.9 Å². The number of aliphatic hydroxyl groups excluding tert-OH is 1. The predicted octanol–water partition coefficient (Wildman–Crippen LogP) is 5.13. The molecule has 0 aromatic heterocycles. The Labute approximate surface area is 162 Å². The largest absolute Gasteiger partial charge is 0.417 e. The minimum absolute atomic E-state index is 0.163. The maximum Gasteiger partial charge on any atom is 0.191 e. The van der Waals surface area contributed by atoms with Crippen molar-refractivity contribution in [3.8, 4) is 0 Å². The molecular weight excluding hydrogens is 344 g/mol. The summed E-state index contributed by atoms with van der Waals surface area (Å²) >= 11 is 0. The highest BCUT2D eigenvalue weighted by atomic mass is 28.4. The van der Waals surface area contributed by atoms with Crippen LogP contribution in [-0.4, -0.2) is 44.1 Å². The fraction of sp³-hybridized carbons (Fsp3) is 0.905. The molecule has 0 radical (unpaired) electrons. The molecular formula is C21H42O4Si. The molecule has 1 unspecified atom stereocenters. The minimum atomic E-state index is -1.78. The average Bonchev–Trinajstić information content (AvgIpc) is 2.78. The monoisotopic (exact) mass is 386 g/mol. The van der Waals surface area contributed by atoms with Gasteiger partial charge in [0.2, 0.25) is 0 Å². The molecule has 1 fully saturated rings. The Kier molecular flexibility index (Phi) is 8.13. The Morgan fingerprint density at radius 2 is 1.69 bits per heavy atom. The second-order valence-electron chi connectivity index (χ2n) is 10.0. The van der Waals surface area contributed by atoms with Crippen molar-refractivity contribution in [1.82, 2.24) is 0 Å². The van der Waals surface area contributed by atoms with Crippen molar-refractivity contribution < 1.29 is 19.0 Å². The van der Waals surface area contributed by atoms with Crippen LogP contribution in [0, 0.1) is 11.8 Å². The third kappa shape index (κ3) is 6.75. The molecule has 5 heteroatoms. The molecule has 4 atom stereocenters. The van der Waals surface area contributed by atoms with E-state index in [1.165, 1.54) is 0 Å². The Morgan fingerprint density at radius 3 is 2.19 bits per heavy atom. The van der Waals surface area contributed by atoms with Crippen molar-refractivity contribution in [2.75, 3.05) is 6.61 Å². The molecule has 1 aliphatic rings. The van der Waals surface area contributed by atoms with Crippen molar-refractivity contribution in [2.24, 2.45) is 11.8 Å². The molecule has 4 nitrogen and oxygen atoms in total. The van der Waals surface area contributed by atoms with Gasteiger partial charge < -0.3 is 19.0 Å². The zero-order chi connectivity index (χ0) is 20.3. The minimum Gasteiger partial charge on any atom is -0.417 e. The van der Waals surface area contributed by atoms with E-state index in [2.05, 4.69) is 60.7 Å². The normalized spacial score (nSPS) is 26.6. The van der Waals surface area contributed by atoms with Crippen LogP contribution in [0.2, 0.25) is 18.1 Å². The van der Waals surface area contributed by atoms with Crippen LogP contribution in [0.4, 0.5) is 0 Å². The van der Waals surface area contributed by atoms with Crippen molar-refractivity contribution in [3.05, 3.63) is 12.2 Å². The van der Waals surface area contributed by atoms with E-state index in [1.54, 1.807) is 0 Å². The molecule has 1 N–H and O–H groups in total. The first-order valence-electron chi connectivity index (χ1n) is 10.0. The fourth-order valence-electron chi connectivity index (χ4n) is 2.64. The van der Waals surface area contributed by atoms with Gasteiger partial charge in [-0.05, 0) is 50.2 Å². The lowest BCUT2D eigenvalue weighted by Gasteiger charge is -2.36. The highest BCUT2D eigenvalue weighted by Gasteiger charge is 2.44. The van der Waals surface area contributed by atoms with E-state index < -0.39 is 20.2 Å². The Morgan fingerprint density at radius 1 is 1.12 bits per heavy atom. The lowest BCUT2D eigenvalue weighted by molar-refractivity contribution is -0.153. The number of rotatable bonds is 8. The summed E-state index contributed by atoms with van der Waals surface area (Å²) in [6, 6.07) is 0. The molecule has 0 aromatic carbocycles. The van der Waals surface area contributed by atoms with Gasteiger partial charge in [0, 0.05) is 6.61 Å². The fourth-order valence-corrected chi connectivity index (χ4v) is 3.70. The number of ether oxygens (including phenoxy) is 2. The summed E-state index contributed by atoms with van der Waals surface area (Å²) in [5, 5.41) is 10.8. The van der Waals surface area contributed by atoms with Gasteiger partial charge in [-0.1, -0.05) is 53.7 Å². The first-order valence-corrected chi connectivity index (χ1v) is 12.9. The summed E-state index contributed by atoms with van der Waals surface area (Å²) in [5.41, 5.74) is 0. The lowest BCUT2D eigenvalue weighted by atomic mass is 9.96. The molecule has 1 heterocycles. The molecule has 0 bridgehead atoms. The van der Waals surface area contributed by atoms with Gasteiger partial charge in [-0.2, -0.15) is 0 Å². The van der Waals surface area contributed by atoms with E-state index in [0.29, 0.717) is 18.4 Å². The number of hydrogen-bond acceptors (Lipinski definition) is 4. The van der Waals surface area contributed by atoms with Gasteiger partial charge in [-0.3, -0.25) is 0 Å². The Balaban J connectivity index is 2.70. The predicted molar refractivity (Wildman–Crippen MR) is 111 cm³/mol. The highest BCUT2D eigenvalue weighted by molar-refractivity contribution is 6.74. The van der Waals surface area contributed by atoms with Crippen LogP contribution in [0.5, 0.6) is 0 Å². The molecule has 1 rings (SSSR count). The maximum atomic E-state index is 10.6. The van der Waals surface area contributed by atoms with Crippen LogP contribution in [-0.2, 0) is 13.9 Å². The second-order valence-corrected chi connectivity index (χ2v) is 14.8. The van der Waals surface area contributed by atoms with Crippen LogP contribution in [0.1, 0.15) is 61.8 Å². The standard InChI is InChI=1S/C21H42O4Si/c1-15(2)16(3)11-12-17(22)19-18(24-21(7,8)25-19)13-14-23-26(9,10)20(4,5)6/h11-12,15-19,22H,13-14H2,1-10H3/b12-11-/t16-,17?,18+,19-/m1/s1. The van der Waals surface area contributed by atoms with E-state index in [0.717, 1.165) is 6.42 Å². The van der Waals surface area contributed by atoms with E-state index in [9.17, 15) is 5.11 Å². The van der Waals surface area contributed by atoms with Crippen molar-refractivity contribution in [1.29, 1.82) is 0 Å². The number of hydrogen-bond donors (Lipinski definition) is 1. The SMILES string of the molecule is CC(C)[C@H](C)/C=C\C(O)[C@H]1OC(C)(C)O[C@H]1CCO[Si](C)(C)C(C)(C)C. The maximum absolute atomic E-state index is 10.6. The second kappa shape index (κ2) is 8.87. The molecule has 0 aromatic rings. The van der Waals surface area contributed by atoms with E-state index in [-0.39, 0.29) is 17.2 Å². The van der Waals surface area contributed by atoms with Gasteiger partial charge in [-0.15, -0.1) is 0 Å². The van der Waals surface area contributed by atoms with Crippen LogP contribution >= 0.6 is 0 Å². The van der Waals surface area contributed by atoms with Crippen molar-refractivity contribution in [2.45, 2.75) is 104 Å². The zero-order valence-electron chi connectivity index (χ0n) is 18.6. The summed E-state index contributed by atoms with van der Waals surface area (Å²) in [6.45, 7) is 22.2. The first-order chi connectivity index (χ1) is 11.7. The zero-order valence-corrected chi connectivity index (χ0v) is 19.6. The van der Waals surface area contributed by atoms with E-state index in [4.69, 9.17) is 13.9 Å². The molecule has 1 aliphatic heterocycles. The highest BCUT2D eigenvalue weighted by Crippen LogP contribution is 2.37. The first kappa shape index (κ1) is 23.8. The summed E-state index contributed by atoms with van der Waals surface area (Å²) in [6.07, 6.45) is 3.48. The quantitative estimate of drug-likeness (QED) is 0.464. The average molecular weight is 387 g/mol. The molecule has 0 aliphatic carbocycles. The molecule has 26 heavy (non-hydrogen) atoms. The lowest BCUT2D eigenvalue weighted by Crippen LogP contribution is -2.42. The smallest absolute Gasteiger partial charge is 0.191 e. The van der Waals surface area contributed by atoms with E-state index >= 15 is 0 Å². The molecule has 1 saturated heterocycles. The van der Waals surface area contributed by atoms with Gasteiger partial charge in [0.25, 0.3) is 0 Å². The molecule has 0 saturated carbocycles. The van der Waals surface area contributed by atoms with Crippen LogP contribution in [0.25, 0.3) is 0 Å². The van der Waals surface area contributed by atoms with Crippen molar-refractivity contribution in [3.63, 3.8) is 0 Å². The molecule has 0 spiro atoms. The van der Waals surface area contributed by atoms with Gasteiger partial charge in [0.05, 0.1) is 6.10 Å².